The van der Waals surface area contributed by atoms with E-state index in [0.29, 0.717) is 18.8 Å². The molecule has 0 saturated heterocycles. The van der Waals surface area contributed by atoms with Gasteiger partial charge in [0.05, 0.1) is 0 Å². The second kappa shape index (κ2) is 9.46. The number of nitrogens with zero attached hydrogens (tertiary/aromatic N) is 3. The van der Waals surface area contributed by atoms with Crippen LogP contribution in [0.4, 0.5) is 11.5 Å². The van der Waals surface area contributed by atoms with Crippen molar-refractivity contribution < 1.29 is 0 Å². The van der Waals surface area contributed by atoms with Gasteiger partial charge in [-0.05, 0) is 30.2 Å². The van der Waals surface area contributed by atoms with Crippen LogP contribution in [0.3, 0.4) is 0 Å². The molecule has 0 atom stereocenters. The summed E-state index contributed by atoms with van der Waals surface area (Å²) in [6.45, 7) is 3.51. The molecule has 150 valence electrons. The van der Waals surface area contributed by atoms with Gasteiger partial charge in [0.15, 0.2) is 5.82 Å². The molecule has 2 N–H and O–H groups in total. The average molecular weight is 413 g/mol. The zero-order valence-corrected chi connectivity index (χ0v) is 17.7. The highest BCUT2D eigenvalue weighted by molar-refractivity contribution is 7.99. The Kier molecular flexibility index (Phi) is 6.30. The molecule has 5 heteroatoms. The number of anilines is 2. The monoisotopic (exact) mass is 412 g/mol. The first kappa shape index (κ1) is 20.0. The maximum absolute atomic E-state index is 6.58. The van der Waals surface area contributed by atoms with E-state index in [-0.39, 0.29) is 0 Å². The van der Waals surface area contributed by atoms with Crippen molar-refractivity contribution in [1.82, 2.24) is 9.97 Å². The molecule has 30 heavy (non-hydrogen) atoms. The number of aromatic nitrogens is 2. The summed E-state index contributed by atoms with van der Waals surface area (Å²) in [5.74, 6) is 0.757. The third kappa shape index (κ3) is 4.99. The van der Waals surface area contributed by atoms with Crippen LogP contribution in [0.2, 0.25) is 0 Å². The Labute approximate surface area is 181 Å². The third-order valence-corrected chi connectivity index (χ3v) is 5.82. The summed E-state index contributed by atoms with van der Waals surface area (Å²) < 4.78 is 0. The van der Waals surface area contributed by atoms with Crippen LogP contribution in [-0.2, 0) is 13.1 Å². The van der Waals surface area contributed by atoms with E-state index in [1.807, 2.05) is 12.1 Å². The molecule has 0 unspecified atom stereocenters. The quantitative estimate of drug-likeness (QED) is 0.393. The Bertz CT molecular complexity index is 1040. The van der Waals surface area contributed by atoms with Crippen LogP contribution >= 0.6 is 11.8 Å². The predicted molar refractivity (Wildman–Crippen MR) is 125 cm³/mol. The number of nitrogens with two attached hydrogens (primary N) is 1. The van der Waals surface area contributed by atoms with Crippen LogP contribution in [0.15, 0.2) is 101 Å². The first-order valence-corrected chi connectivity index (χ1v) is 10.7. The highest BCUT2D eigenvalue weighted by atomic mass is 32.2. The molecule has 0 spiro atoms. The summed E-state index contributed by atoms with van der Waals surface area (Å²) in [6, 6.07) is 29.1. The molecule has 3 aromatic carbocycles. The number of aryl methyl sites for hydroxylation is 1. The van der Waals surface area contributed by atoms with Crippen molar-refractivity contribution in [2.24, 2.45) is 0 Å². The maximum Gasteiger partial charge on any atom is 0.157 e. The van der Waals surface area contributed by atoms with Crippen molar-refractivity contribution in [3.8, 4) is 0 Å². The first-order chi connectivity index (χ1) is 14.7. The molecule has 0 aliphatic heterocycles. The molecule has 1 aromatic heterocycles. The van der Waals surface area contributed by atoms with Crippen molar-refractivity contribution in [2.45, 2.75) is 29.9 Å². The van der Waals surface area contributed by atoms with E-state index in [1.54, 1.807) is 18.1 Å². The van der Waals surface area contributed by atoms with Crippen LogP contribution < -0.4 is 10.6 Å². The highest BCUT2D eigenvalue weighted by Crippen LogP contribution is 2.35. The molecule has 4 nitrogen and oxygen atoms in total. The van der Waals surface area contributed by atoms with Gasteiger partial charge in [-0.2, -0.15) is 0 Å². The van der Waals surface area contributed by atoms with E-state index >= 15 is 0 Å². The molecule has 0 amide bonds. The van der Waals surface area contributed by atoms with Gasteiger partial charge in [-0.25, -0.2) is 9.97 Å². The highest BCUT2D eigenvalue weighted by Gasteiger charge is 2.17. The molecular formula is C25H24N4S. The minimum Gasteiger partial charge on any atom is -0.394 e. The van der Waals surface area contributed by atoms with Gasteiger partial charge in [-0.15, -0.1) is 0 Å². The van der Waals surface area contributed by atoms with Crippen LogP contribution in [0.25, 0.3) is 0 Å². The fourth-order valence-corrected chi connectivity index (χ4v) is 4.03. The number of rotatable bonds is 7. The normalized spacial score (nSPS) is 10.7. The van der Waals surface area contributed by atoms with E-state index in [2.05, 4.69) is 94.6 Å². The largest absolute Gasteiger partial charge is 0.394 e. The molecule has 4 rings (SSSR count). The fraction of sp³-hybridized carbons (Fsp3) is 0.120. The van der Waals surface area contributed by atoms with E-state index in [0.717, 1.165) is 15.7 Å². The molecule has 0 radical (unpaired) electrons. The van der Waals surface area contributed by atoms with E-state index in [1.165, 1.54) is 16.7 Å². The van der Waals surface area contributed by atoms with Crippen molar-refractivity contribution in [2.75, 3.05) is 10.6 Å². The van der Waals surface area contributed by atoms with Gasteiger partial charge in [0, 0.05) is 18.0 Å². The Balaban J connectivity index is 1.66. The molecule has 0 saturated carbocycles. The zero-order chi connectivity index (χ0) is 20.8. The van der Waals surface area contributed by atoms with Gasteiger partial charge in [0.1, 0.15) is 17.0 Å². The van der Waals surface area contributed by atoms with Gasteiger partial charge in [-0.1, -0.05) is 90.1 Å². The Morgan fingerprint density at radius 2 is 1.33 bits per heavy atom. The number of hydrogen-bond donors (Lipinski definition) is 1. The summed E-state index contributed by atoms with van der Waals surface area (Å²) >= 11 is 1.56. The lowest BCUT2D eigenvalue weighted by Gasteiger charge is -2.26. The summed E-state index contributed by atoms with van der Waals surface area (Å²) in [5, 5.41) is 0.773. The summed E-state index contributed by atoms with van der Waals surface area (Å²) in [5.41, 5.74) is 10.8. The topological polar surface area (TPSA) is 55.0 Å². The lowest BCUT2D eigenvalue weighted by Crippen LogP contribution is -2.24. The molecular weight excluding hydrogens is 388 g/mol. The smallest absolute Gasteiger partial charge is 0.157 e. The van der Waals surface area contributed by atoms with Crippen molar-refractivity contribution in [3.05, 3.63) is 108 Å². The third-order valence-electron chi connectivity index (χ3n) is 4.79. The van der Waals surface area contributed by atoms with Crippen LogP contribution in [-0.4, -0.2) is 9.97 Å². The first-order valence-electron chi connectivity index (χ1n) is 9.87. The molecule has 4 aromatic rings. The Hall–Kier alpha value is -3.31. The van der Waals surface area contributed by atoms with E-state index < -0.39 is 0 Å². The van der Waals surface area contributed by atoms with Crippen molar-refractivity contribution >= 4 is 23.3 Å². The SMILES string of the molecule is Cc1ccc(Sc2ncnc(N(Cc3ccccc3)Cc3ccccc3)c2N)cc1. The second-order valence-electron chi connectivity index (χ2n) is 7.16. The van der Waals surface area contributed by atoms with Gasteiger partial charge in [0.25, 0.3) is 0 Å². The summed E-state index contributed by atoms with van der Waals surface area (Å²) in [4.78, 5) is 12.3. The van der Waals surface area contributed by atoms with Crippen LogP contribution in [0, 0.1) is 6.92 Å². The van der Waals surface area contributed by atoms with Crippen molar-refractivity contribution in [3.63, 3.8) is 0 Å². The minimum atomic E-state index is 0.606. The average Bonchev–Trinajstić information content (AvgIpc) is 2.78. The van der Waals surface area contributed by atoms with Gasteiger partial charge in [0.2, 0.25) is 0 Å². The van der Waals surface area contributed by atoms with Crippen LogP contribution in [0.5, 0.6) is 0 Å². The van der Waals surface area contributed by atoms with Crippen molar-refractivity contribution in [1.29, 1.82) is 0 Å². The zero-order valence-electron chi connectivity index (χ0n) is 16.9. The number of hydrogen-bond acceptors (Lipinski definition) is 5. The molecule has 0 aliphatic rings. The fourth-order valence-electron chi connectivity index (χ4n) is 3.24. The van der Waals surface area contributed by atoms with Gasteiger partial charge >= 0.3 is 0 Å². The number of nitrogen functional groups attached to an aromatic ring is 1. The van der Waals surface area contributed by atoms with Gasteiger partial charge in [-0.3, -0.25) is 0 Å². The molecule has 0 bridgehead atoms. The Morgan fingerprint density at radius 1 is 0.767 bits per heavy atom. The second-order valence-corrected chi connectivity index (χ2v) is 8.22. The lowest BCUT2D eigenvalue weighted by atomic mass is 10.1. The lowest BCUT2D eigenvalue weighted by molar-refractivity contribution is 0.778. The van der Waals surface area contributed by atoms with E-state index in [9.17, 15) is 0 Å². The Morgan fingerprint density at radius 3 is 1.90 bits per heavy atom. The number of benzene rings is 3. The molecule has 1 heterocycles. The minimum absolute atomic E-state index is 0.606. The maximum atomic E-state index is 6.58. The van der Waals surface area contributed by atoms with Gasteiger partial charge < -0.3 is 10.6 Å². The molecule has 0 fully saturated rings. The predicted octanol–water partition coefficient (Wildman–Crippen LogP) is 5.73. The summed E-state index contributed by atoms with van der Waals surface area (Å²) in [7, 11) is 0. The summed E-state index contributed by atoms with van der Waals surface area (Å²) in [6.07, 6.45) is 1.60. The van der Waals surface area contributed by atoms with E-state index in [4.69, 9.17) is 5.73 Å². The molecule has 0 aliphatic carbocycles. The van der Waals surface area contributed by atoms with Crippen LogP contribution in [0.1, 0.15) is 16.7 Å². The standard InChI is InChI=1S/C25H24N4S/c1-19-12-14-22(15-13-19)30-25-23(26)24(27-18-28-25)29(16-20-8-4-2-5-9-20)17-21-10-6-3-7-11-21/h2-15,18H,16-17,26H2,1H3.